The van der Waals surface area contributed by atoms with Gasteiger partial charge < -0.3 is 19.8 Å². The van der Waals surface area contributed by atoms with Crippen LogP contribution in [-0.4, -0.2) is 73.4 Å². The summed E-state index contributed by atoms with van der Waals surface area (Å²) in [6, 6.07) is -0.849. The molecule has 0 aliphatic carbocycles. The fraction of sp³-hybridized carbons (Fsp3) is 0.816. The highest BCUT2D eigenvalue weighted by Gasteiger charge is 2.27. The first kappa shape index (κ1) is 45.7. The third-order valence-electron chi connectivity index (χ3n) is 8.10. The molecule has 9 heteroatoms. The Bertz CT molecular complexity index is 871. The first-order valence-corrected chi connectivity index (χ1v) is 20.4. The molecule has 0 heterocycles. The number of allylic oxidation sites excluding steroid dienone is 5. The van der Waals surface area contributed by atoms with Crippen molar-refractivity contribution in [3.8, 4) is 0 Å². The normalized spacial score (nSPS) is 15.1. The maximum atomic E-state index is 12.8. The highest BCUT2D eigenvalue weighted by Crippen LogP contribution is 2.43. The summed E-state index contributed by atoms with van der Waals surface area (Å²) in [5.74, 6) is -0.196. The lowest BCUT2D eigenvalue weighted by Crippen LogP contribution is -2.45. The second kappa shape index (κ2) is 30.8. The minimum absolute atomic E-state index is 0.0576. The lowest BCUT2D eigenvalue weighted by molar-refractivity contribution is -0.870. The minimum Gasteiger partial charge on any atom is -0.387 e. The van der Waals surface area contributed by atoms with E-state index in [1.165, 1.54) is 64.2 Å². The number of carbonyl (C=O) groups is 1. The van der Waals surface area contributed by atoms with Gasteiger partial charge in [-0.05, 0) is 51.4 Å². The number of phosphoric ester groups is 1. The number of rotatable bonds is 33. The molecule has 276 valence electrons. The van der Waals surface area contributed by atoms with E-state index in [2.05, 4.69) is 43.5 Å². The number of phosphoric acid groups is 1. The van der Waals surface area contributed by atoms with Crippen LogP contribution in [0.3, 0.4) is 0 Å². The van der Waals surface area contributed by atoms with Crippen molar-refractivity contribution in [3.05, 3.63) is 36.5 Å². The van der Waals surface area contributed by atoms with Crippen molar-refractivity contribution in [2.24, 2.45) is 0 Å². The van der Waals surface area contributed by atoms with E-state index < -0.39 is 20.0 Å². The highest BCUT2D eigenvalue weighted by molar-refractivity contribution is 7.47. The van der Waals surface area contributed by atoms with E-state index in [0.717, 1.165) is 64.2 Å². The van der Waals surface area contributed by atoms with E-state index >= 15 is 0 Å². The van der Waals surface area contributed by atoms with Gasteiger partial charge in [-0.3, -0.25) is 13.8 Å². The van der Waals surface area contributed by atoms with Crippen molar-refractivity contribution in [1.29, 1.82) is 0 Å². The van der Waals surface area contributed by atoms with E-state index in [9.17, 15) is 19.4 Å². The summed E-state index contributed by atoms with van der Waals surface area (Å²) in [6.45, 7) is 4.72. The Morgan fingerprint density at radius 2 is 1.21 bits per heavy atom. The molecule has 0 spiro atoms. The number of nitrogens with zero attached hydrogens (tertiary/aromatic N) is 1. The molecule has 0 aliphatic heterocycles. The van der Waals surface area contributed by atoms with Crippen LogP contribution in [0.5, 0.6) is 0 Å². The van der Waals surface area contributed by atoms with Crippen LogP contribution in [0.2, 0.25) is 0 Å². The summed E-state index contributed by atoms with van der Waals surface area (Å²) < 4.78 is 23.4. The first-order chi connectivity index (χ1) is 22.5. The summed E-state index contributed by atoms with van der Waals surface area (Å²) in [5, 5.41) is 13.7. The Morgan fingerprint density at radius 3 is 1.77 bits per heavy atom. The number of amides is 1. The fourth-order valence-electron chi connectivity index (χ4n) is 5.01. The summed E-state index contributed by atoms with van der Waals surface area (Å²) in [4.78, 5) is 22.9. The van der Waals surface area contributed by atoms with Gasteiger partial charge in [0.15, 0.2) is 0 Å². The molecule has 3 N–H and O–H groups in total. The largest absolute Gasteiger partial charge is 0.472 e. The summed E-state index contributed by atoms with van der Waals surface area (Å²) >= 11 is 0. The molecule has 1 amide bonds. The van der Waals surface area contributed by atoms with Crippen LogP contribution >= 0.6 is 7.82 Å². The highest BCUT2D eigenvalue weighted by atomic mass is 31.2. The van der Waals surface area contributed by atoms with Crippen LogP contribution in [0.4, 0.5) is 0 Å². The third kappa shape index (κ3) is 33.0. The maximum Gasteiger partial charge on any atom is 0.472 e. The number of nitrogens with one attached hydrogen (secondary N) is 1. The molecule has 0 rings (SSSR count). The van der Waals surface area contributed by atoms with Gasteiger partial charge in [-0.25, -0.2) is 4.57 Å². The van der Waals surface area contributed by atoms with Gasteiger partial charge in [0.1, 0.15) is 13.2 Å². The van der Waals surface area contributed by atoms with E-state index in [1.54, 1.807) is 6.08 Å². The number of hydrogen-bond donors (Lipinski definition) is 3. The van der Waals surface area contributed by atoms with Gasteiger partial charge in [-0.1, -0.05) is 127 Å². The Balaban J connectivity index is 4.51. The van der Waals surface area contributed by atoms with Crippen LogP contribution in [0.25, 0.3) is 0 Å². The lowest BCUT2D eigenvalue weighted by Gasteiger charge is -2.25. The molecular weight excluding hydrogens is 611 g/mol. The van der Waals surface area contributed by atoms with Crippen molar-refractivity contribution in [1.82, 2.24) is 5.32 Å². The number of unbranched alkanes of at least 4 members (excludes halogenated alkanes) is 16. The van der Waals surface area contributed by atoms with Crippen molar-refractivity contribution in [2.45, 2.75) is 161 Å². The average molecular weight is 686 g/mol. The molecule has 0 aromatic carbocycles. The predicted molar refractivity (Wildman–Crippen MR) is 198 cm³/mol. The zero-order valence-electron chi connectivity index (χ0n) is 31.0. The molecule has 47 heavy (non-hydrogen) atoms. The van der Waals surface area contributed by atoms with Crippen LogP contribution in [0.15, 0.2) is 36.5 Å². The summed E-state index contributed by atoms with van der Waals surface area (Å²) in [6.07, 6.45) is 34.9. The van der Waals surface area contributed by atoms with Gasteiger partial charge in [0.05, 0.1) is 39.9 Å². The number of hydrogen-bond acceptors (Lipinski definition) is 5. The van der Waals surface area contributed by atoms with E-state index in [0.29, 0.717) is 17.4 Å². The Kier molecular flexibility index (Phi) is 29.9. The Morgan fingerprint density at radius 1 is 0.723 bits per heavy atom. The molecule has 0 aromatic heterocycles. The molecular formula is C38H74N2O6P+. The van der Waals surface area contributed by atoms with Crippen molar-refractivity contribution in [2.75, 3.05) is 40.9 Å². The molecule has 0 radical (unpaired) electrons. The van der Waals surface area contributed by atoms with E-state index in [1.807, 2.05) is 27.2 Å². The second-order valence-corrected chi connectivity index (χ2v) is 15.4. The quantitative estimate of drug-likeness (QED) is 0.0275. The number of carbonyl (C=O) groups excluding carboxylic acids is 1. The number of likely N-dealkylation sites (N-methyl/N-ethyl adjacent to an activating group) is 1. The zero-order chi connectivity index (χ0) is 35.1. The van der Waals surface area contributed by atoms with Crippen LogP contribution < -0.4 is 5.32 Å². The molecule has 8 nitrogen and oxygen atoms in total. The average Bonchev–Trinajstić information content (AvgIpc) is 3.01. The Labute approximate surface area is 289 Å². The van der Waals surface area contributed by atoms with Crippen molar-refractivity contribution >= 4 is 13.7 Å². The topological polar surface area (TPSA) is 105 Å². The lowest BCUT2D eigenvalue weighted by atomic mass is 10.1. The monoisotopic (exact) mass is 686 g/mol. The number of aliphatic hydroxyl groups is 1. The third-order valence-corrected chi connectivity index (χ3v) is 9.09. The van der Waals surface area contributed by atoms with Crippen LogP contribution in [0, 0.1) is 0 Å². The molecule has 0 aromatic rings. The first-order valence-electron chi connectivity index (χ1n) is 18.9. The summed E-state index contributed by atoms with van der Waals surface area (Å²) in [7, 11) is 1.55. The zero-order valence-corrected chi connectivity index (χ0v) is 31.9. The van der Waals surface area contributed by atoms with Gasteiger partial charge in [0.2, 0.25) is 5.91 Å². The molecule has 0 saturated heterocycles. The molecule has 0 bridgehead atoms. The maximum absolute atomic E-state index is 12.8. The van der Waals surface area contributed by atoms with Gasteiger partial charge in [0, 0.05) is 6.42 Å². The van der Waals surface area contributed by atoms with Gasteiger partial charge in [-0.2, -0.15) is 0 Å². The van der Waals surface area contributed by atoms with E-state index in [-0.39, 0.29) is 19.1 Å². The molecule has 0 fully saturated rings. The van der Waals surface area contributed by atoms with Gasteiger partial charge in [-0.15, -0.1) is 0 Å². The van der Waals surface area contributed by atoms with Gasteiger partial charge >= 0.3 is 7.82 Å². The van der Waals surface area contributed by atoms with Crippen molar-refractivity contribution in [3.63, 3.8) is 0 Å². The number of quaternary nitrogens is 1. The molecule has 0 saturated carbocycles. The van der Waals surface area contributed by atoms with Crippen LogP contribution in [0.1, 0.15) is 149 Å². The molecule has 0 aliphatic rings. The number of aliphatic hydroxyl groups excluding tert-OH is 1. The molecule has 3 unspecified atom stereocenters. The summed E-state index contributed by atoms with van der Waals surface area (Å²) in [5.41, 5.74) is 0. The Hall–Kier alpha value is -1.28. The van der Waals surface area contributed by atoms with Gasteiger partial charge in [0.25, 0.3) is 0 Å². The second-order valence-electron chi connectivity index (χ2n) is 13.9. The van der Waals surface area contributed by atoms with Crippen LogP contribution in [-0.2, 0) is 18.4 Å². The standard InChI is InChI=1S/C38H73N2O6P/c1-6-8-10-12-14-16-17-18-19-20-21-22-24-26-28-30-32-38(42)39-36(35-46-47(43,44)45-34-33-40(3,4)5)37(41)31-29-27-25-23-15-13-11-9-7-2/h16-17,19-20,29,31,36-37,41H,6-15,18,21-28,30,32-35H2,1-5H3,(H-,39,42,43,44)/p+1/b17-16-,20-19-,31-29+. The SMILES string of the molecule is CCCCCC/C=C\C/C=C\CCCCCCCC(=O)NC(COP(=O)(O)OCC[N+](C)(C)C)C(O)/C=C/CCCCCCCCC. The molecule has 3 atom stereocenters. The van der Waals surface area contributed by atoms with Crippen molar-refractivity contribution < 1.29 is 32.9 Å². The fourth-order valence-corrected chi connectivity index (χ4v) is 5.75. The minimum atomic E-state index is -4.33. The smallest absolute Gasteiger partial charge is 0.387 e. The predicted octanol–water partition coefficient (Wildman–Crippen LogP) is 9.57. The van der Waals surface area contributed by atoms with E-state index in [4.69, 9.17) is 9.05 Å².